The number of aliphatic carboxylic acids is 1. The van der Waals surface area contributed by atoms with Crippen LogP contribution in [0.5, 0.6) is 0 Å². The molecule has 4 nitrogen and oxygen atoms in total. The van der Waals surface area contributed by atoms with Gasteiger partial charge in [-0.15, -0.1) is 0 Å². The zero-order valence-electron chi connectivity index (χ0n) is 11.8. The van der Waals surface area contributed by atoms with Gasteiger partial charge in [0.05, 0.1) is 10.0 Å². The second-order valence-electron chi connectivity index (χ2n) is 4.99. The molecule has 110 valence electrons. The number of halogens is 2. The van der Waals surface area contributed by atoms with Gasteiger partial charge in [-0.2, -0.15) is 0 Å². The number of carboxylic acid groups (broad SMARTS) is 1. The Bertz CT molecular complexity index is 545. The van der Waals surface area contributed by atoms with Crippen molar-refractivity contribution in [2.45, 2.75) is 39.3 Å². The number of hydrogen-bond donors (Lipinski definition) is 1. The molecule has 0 aromatic heterocycles. The normalized spacial score (nSPS) is 13.9. The predicted octanol–water partition coefficient (Wildman–Crippen LogP) is 3.55. The Morgan fingerprint density at radius 3 is 2.15 bits per heavy atom. The Morgan fingerprint density at radius 2 is 1.80 bits per heavy atom. The first-order chi connectivity index (χ1) is 9.12. The lowest BCUT2D eigenvalue weighted by Gasteiger charge is -2.40. The van der Waals surface area contributed by atoms with Crippen molar-refractivity contribution in [3.63, 3.8) is 0 Å². The van der Waals surface area contributed by atoms with E-state index in [1.54, 1.807) is 19.9 Å². The van der Waals surface area contributed by atoms with Gasteiger partial charge in [0.2, 0.25) is 5.91 Å². The second kappa shape index (κ2) is 6.02. The van der Waals surface area contributed by atoms with Crippen LogP contribution in [0, 0.1) is 0 Å². The summed E-state index contributed by atoms with van der Waals surface area (Å²) in [5, 5.41) is 10.2. The van der Waals surface area contributed by atoms with E-state index in [2.05, 4.69) is 0 Å². The Labute approximate surface area is 128 Å². The Kier molecular flexibility index (Phi) is 5.05. The second-order valence-corrected chi connectivity index (χ2v) is 5.80. The average Bonchev–Trinajstić information content (AvgIpc) is 2.31. The molecule has 6 heteroatoms. The van der Waals surface area contributed by atoms with Crippen molar-refractivity contribution in [1.82, 2.24) is 4.90 Å². The van der Waals surface area contributed by atoms with Crippen molar-refractivity contribution < 1.29 is 14.7 Å². The minimum Gasteiger partial charge on any atom is -0.479 e. The summed E-state index contributed by atoms with van der Waals surface area (Å²) in [6.45, 7) is 6.36. The number of carbonyl (C=O) groups excluding carboxylic acids is 1. The number of rotatable bonds is 4. The first-order valence-corrected chi connectivity index (χ1v) is 6.86. The van der Waals surface area contributed by atoms with Crippen molar-refractivity contribution in [2.24, 2.45) is 0 Å². The van der Waals surface area contributed by atoms with Gasteiger partial charge in [0.25, 0.3) is 0 Å². The van der Waals surface area contributed by atoms with E-state index in [1.165, 1.54) is 30.9 Å². The van der Waals surface area contributed by atoms with Crippen LogP contribution < -0.4 is 0 Å². The fraction of sp³-hybridized carbons (Fsp3) is 0.429. The predicted molar refractivity (Wildman–Crippen MR) is 79.1 cm³/mol. The highest BCUT2D eigenvalue weighted by atomic mass is 35.5. The number of carbonyl (C=O) groups is 2. The summed E-state index contributed by atoms with van der Waals surface area (Å²) in [4.78, 5) is 25.0. The van der Waals surface area contributed by atoms with Gasteiger partial charge in [0.15, 0.2) is 5.54 Å². The SMILES string of the molecule is CC(=O)N(C(C)C)C(C)(C(=O)O)c1ccc(Cl)c(Cl)c1. The lowest BCUT2D eigenvalue weighted by Crippen LogP contribution is -2.55. The largest absolute Gasteiger partial charge is 0.479 e. The van der Waals surface area contributed by atoms with Crippen molar-refractivity contribution in [1.29, 1.82) is 0 Å². The lowest BCUT2D eigenvalue weighted by atomic mass is 9.88. The van der Waals surface area contributed by atoms with E-state index < -0.39 is 11.5 Å². The summed E-state index contributed by atoms with van der Waals surface area (Å²) < 4.78 is 0. The molecule has 20 heavy (non-hydrogen) atoms. The molecule has 0 saturated carbocycles. The van der Waals surface area contributed by atoms with Crippen LogP contribution in [0.4, 0.5) is 0 Å². The molecule has 1 aromatic carbocycles. The van der Waals surface area contributed by atoms with E-state index in [9.17, 15) is 14.7 Å². The third-order valence-electron chi connectivity index (χ3n) is 3.24. The van der Waals surface area contributed by atoms with E-state index >= 15 is 0 Å². The number of benzene rings is 1. The maximum Gasteiger partial charge on any atom is 0.334 e. The van der Waals surface area contributed by atoms with Gasteiger partial charge in [-0.1, -0.05) is 29.3 Å². The van der Waals surface area contributed by atoms with Crippen LogP contribution in [0.3, 0.4) is 0 Å². The van der Waals surface area contributed by atoms with Gasteiger partial charge < -0.3 is 10.0 Å². The minimum atomic E-state index is -1.51. The van der Waals surface area contributed by atoms with Crippen molar-refractivity contribution in [2.75, 3.05) is 0 Å². The molecule has 0 aliphatic rings. The van der Waals surface area contributed by atoms with Gasteiger partial charge in [-0.3, -0.25) is 4.79 Å². The number of nitrogens with zero attached hydrogens (tertiary/aromatic N) is 1. The molecule has 0 spiro atoms. The standard InChI is InChI=1S/C14H17Cl2NO3/c1-8(2)17(9(3)18)14(4,13(19)20)10-5-6-11(15)12(16)7-10/h5-8H,1-4H3,(H,19,20). The Morgan fingerprint density at radius 1 is 1.25 bits per heavy atom. The smallest absolute Gasteiger partial charge is 0.334 e. The molecule has 1 amide bonds. The van der Waals surface area contributed by atoms with E-state index in [0.29, 0.717) is 10.6 Å². The molecular formula is C14H17Cl2NO3. The molecule has 0 fully saturated rings. The van der Waals surface area contributed by atoms with Crippen LogP contribution in [-0.4, -0.2) is 27.9 Å². The zero-order valence-corrected chi connectivity index (χ0v) is 13.3. The van der Waals surface area contributed by atoms with Crippen molar-refractivity contribution in [3.05, 3.63) is 33.8 Å². The van der Waals surface area contributed by atoms with Crippen LogP contribution in [0.1, 0.15) is 33.3 Å². The topological polar surface area (TPSA) is 57.6 Å². The summed E-state index contributed by atoms with van der Waals surface area (Å²) in [5.41, 5.74) is -1.10. The van der Waals surface area contributed by atoms with E-state index in [-0.39, 0.29) is 17.0 Å². The van der Waals surface area contributed by atoms with Crippen LogP contribution in [-0.2, 0) is 15.1 Å². The molecule has 1 unspecified atom stereocenters. The molecule has 0 aliphatic carbocycles. The van der Waals surface area contributed by atoms with Crippen LogP contribution in [0.2, 0.25) is 10.0 Å². The average molecular weight is 318 g/mol. The highest BCUT2D eigenvalue weighted by molar-refractivity contribution is 6.42. The molecular weight excluding hydrogens is 301 g/mol. The fourth-order valence-electron chi connectivity index (χ4n) is 2.36. The van der Waals surface area contributed by atoms with E-state index in [0.717, 1.165) is 0 Å². The van der Waals surface area contributed by atoms with Crippen LogP contribution in [0.25, 0.3) is 0 Å². The van der Waals surface area contributed by atoms with Gasteiger partial charge in [0.1, 0.15) is 0 Å². The minimum absolute atomic E-state index is 0.254. The molecule has 1 rings (SSSR count). The monoisotopic (exact) mass is 317 g/mol. The highest BCUT2D eigenvalue weighted by Gasteiger charge is 2.44. The molecule has 0 bridgehead atoms. The van der Waals surface area contributed by atoms with E-state index in [4.69, 9.17) is 23.2 Å². The Balaban J connectivity index is 3.51. The molecule has 0 aliphatic heterocycles. The van der Waals surface area contributed by atoms with Gasteiger partial charge in [-0.05, 0) is 38.5 Å². The quantitative estimate of drug-likeness (QED) is 0.923. The number of amides is 1. The summed E-state index contributed by atoms with van der Waals surface area (Å²) in [6.07, 6.45) is 0. The third-order valence-corrected chi connectivity index (χ3v) is 3.97. The van der Waals surface area contributed by atoms with Gasteiger partial charge in [0, 0.05) is 13.0 Å². The lowest BCUT2D eigenvalue weighted by molar-refractivity contribution is -0.160. The molecule has 0 saturated heterocycles. The maximum atomic E-state index is 11.9. The summed E-state index contributed by atoms with van der Waals surface area (Å²) in [7, 11) is 0. The first kappa shape index (κ1) is 16.8. The van der Waals surface area contributed by atoms with Crippen molar-refractivity contribution in [3.8, 4) is 0 Å². The van der Waals surface area contributed by atoms with Crippen molar-refractivity contribution >= 4 is 35.1 Å². The number of hydrogen-bond acceptors (Lipinski definition) is 2. The maximum absolute atomic E-state index is 11.9. The molecule has 0 radical (unpaired) electrons. The van der Waals surface area contributed by atoms with Crippen LogP contribution >= 0.6 is 23.2 Å². The third kappa shape index (κ3) is 2.91. The summed E-state index contributed by atoms with van der Waals surface area (Å²) in [5.74, 6) is -1.45. The van der Waals surface area contributed by atoms with E-state index in [1.807, 2.05) is 0 Å². The van der Waals surface area contributed by atoms with Crippen LogP contribution in [0.15, 0.2) is 18.2 Å². The Hall–Kier alpha value is -1.26. The zero-order chi connectivity index (χ0) is 15.7. The molecule has 0 heterocycles. The summed E-state index contributed by atoms with van der Waals surface area (Å²) >= 11 is 11.8. The molecule has 1 atom stereocenters. The van der Waals surface area contributed by atoms with Gasteiger partial charge >= 0.3 is 5.97 Å². The summed E-state index contributed by atoms with van der Waals surface area (Å²) in [6, 6.07) is 4.30. The first-order valence-electron chi connectivity index (χ1n) is 6.11. The highest BCUT2D eigenvalue weighted by Crippen LogP contribution is 2.34. The molecule has 1 aromatic rings. The number of carboxylic acids is 1. The fourth-order valence-corrected chi connectivity index (χ4v) is 2.66. The van der Waals surface area contributed by atoms with Gasteiger partial charge in [-0.25, -0.2) is 4.79 Å². The molecule has 1 N–H and O–H groups in total.